The molecular formula is C26H28BrNO5. The van der Waals surface area contributed by atoms with E-state index in [4.69, 9.17) is 9.47 Å². The summed E-state index contributed by atoms with van der Waals surface area (Å²) in [5, 5.41) is 11.1. The van der Waals surface area contributed by atoms with Gasteiger partial charge in [-0.15, -0.1) is 0 Å². The van der Waals surface area contributed by atoms with E-state index in [1.165, 1.54) is 4.90 Å². The van der Waals surface area contributed by atoms with Crippen LogP contribution in [0, 0.1) is 0 Å². The average Bonchev–Trinajstić information content (AvgIpc) is 3.42. The number of hydrogen-bond acceptors (Lipinski definition) is 5. The molecule has 0 radical (unpaired) electrons. The molecule has 0 saturated carbocycles. The van der Waals surface area contributed by atoms with Crippen LogP contribution in [0.5, 0.6) is 5.75 Å². The first-order valence-corrected chi connectivity index (χ1v) is 12.2. The monoisotopic (exact) mass is 513 g/mol. The molecule has 1 amide bonds. The lowest BCUT2D eigenvalue weighted by atomic mass is 9.95. The fraction of sp³-hybridized carbons (Fsp3) is 0.385. The number of hydrogen-bond donors (Lipinski definition) is 1. The van der Waals surface area contributed by atoms with Crippen LogP contribution in [0.4, 0.5) is 0 Å². The zero-order valence-corrected chi connectivity index (χ0v) is 20.2. The molecule has 0 bridgehead atoms. The first-order valence-electron chi connectivity index (χ1n) is 11.4. The molecule has 0 unspecified atom stereocenters. The number of halogens is 1. The van der Waals surface area contributed by atoms with E-state index in [2.05, 4.69) is 22.9 Å². The number of ether oxygens (including phenoxy) is 2. The van der Waals surface area contributed by atoms with Gasteiger partial charge >= 0.3 is 0 Å². The van der Waals surface area contributed by atoms with Gasteiger partial charge in [0.25, 0.3) is 11.7 Å². The number of Topliss-reactive ketones (excluding diaryl/α,β-unsaturated/α-hetero) is 1. The van der Waals surface area contributed by atoms with Crippen molar-refractivity contribution in [1.29, 1.82) is 0 Å². The number of aliphatic hydroxyl groups excluding tert-OH is 1. The Labute approximate surface area is 202 Å². The summed E-state index contributed by atoms with van der Waals surface area (Å²) < 4.78 is 12.4. The Kier molecular flexibility index (Phi) is 7.50. The second-order valence-corrected chi connectivity index (χ2v) is 9.28. The predicted molar refractivity (Wildman–Crippen MR) is 129 cm³/mol. The van der Waals surface area contributed by atoms with E-state index in [9.17, 15) is 14.7 Å². The molecule has 2 aromatic carbocycles. The second kappa shape index (κ2) is 10.5. The molecule has 2 heterocycles. The summed E-state index contributed by atoms with van der Waals surface area (Å²) in [4.78, 5) is 27.7. The third kappa shape index (κ3) is 5.14. The molecule has 174 valence electrons. The zero-order valence-electron chi connectivity index (χ0n) is 18.6. The van der Waals surface area contributed by atoms with Gasteiger partial charge in [-0.2, -0.15) is 0 Å². The number of carbonyl (C=O) groups excluding carboxylic acids is 2. The van der Waals surface area contributed by atoms with Crippen LogP contribution in [0.3, 0.4) is 0 Å². The van der Waals surface area contributed by atoms with Crippen molar-refractivity contribution < 1.29 is 24.2 Å². The van der Waals surface area contributed by atoms with Crippen molar-refractivity contribution in [3.8, 4) is 5.75 Å². The van der Waals surface area contributed by atoms with Crippen LogP contribution in [-0.4, -0.2) is 47.6 Å². The topological polar surface area (TPSA) is 76.1 Å². The van der Waals surface area contributed by atoms with Crippen LogP contribution in [0.15, 0.2) is 58.6 Å². The molecule has 0 aromatic heterocycles. The van der Waals surface area contributed by atoms with Crippen LogP contribution >= 0.6 is 15.9 Å². The lowest BCUT2D eigenvalue weighted by Gasteiger charge is -2.27. The Hall–Kier alpha value is -2.64. The number of nitrogens with zero attached hydrogens (tertiary/aromatic N) is 1. The molecule has 6 nitrogen and oxygen atoms in total. The van der Waals surface area contributed by atoms with Gasteiger partial charge in [0.1, 0.15) is 11.5 Å². The highest BCUT2D eigenvalue weighted by molar-refractivity contribution is 9.10. The van der Waals surface area contributed by atoms with Crippen LogP contribution in [0.2, 0.25) is 0 Å². The number of ketones is 1. The minimum Gasteiger partial charge on any atom is -0.507 e. The van der Waals surface area contributed by atoms with Gasteiger partial charge < -0.3 is 19.5 Å². The Morgan fingerprint density at radius 3 is 2.52 bits per heavy atom. The fourth-order valence-corrected chi connectivity index (χ4v) is 4.53. The number of amides is 1. The molecule has 7 heteroatoms. The molecule has 0 spiro atoms. The fourth-order valence-electron chi connectivity index (χ4n) is 4.27. The van der Waals surface area contributed by atoms with Crippen molar-refractivity contribution in [3.05, 3.63) is 69.7 Å². The molecule has 1 N–H and O–H groups in total. The summed E-state index contributed by atoms with van der Waals surface area (Å²) in [6.45, 7) is 3.70. The molecular weight excluding hydrogens is 486 g/mol. The Morgan fingerprint density at radius 1 is 1.15 bits per heavy atom. The molecule has 4 rings (SSSR count). The van der Waals surface area contributed by atoms with Gasteiger partial charge in [0.05, 0.1) is 24.3 Å². The molecule has 0 aliphatic carbocycles. The second-order valence-electron chi connectivity index (χ2n) is 8.36. The first kappa shape index (κ1) is 23.5. The predicted octanol–water partition coefficient (Wildman–Crippen LogP) is 5.23. The number of benzene rings is 2. The maximum Gasteiger partial charge on any atom is 0.295 e. The zero-order chi connectivity index (χ0) is 23.4. The quantitative estimate of drug-likeness (QED) is 0.226. The van der Waals surface area contributed by atoms with E-state index in [0.29, 0.717) is 25.3 Å². The van der Waals surface area contributed by atoms with Crippen molar-refractivity contribution in [2.45, 2.75) is 44.8 Å². The van der Waals surface area contributed by atoms with E-state index in [-0.39, 0.29) is 17.4 Å². The number of likely N-dealkylation sites (tertiary alicyclic amines) is 1. The van der Waals surface area contributed by atoms with E-state index in [1.54, 1.807) is 24.3 Å². The third-order valence-electron chi connectivity index (χ3n) is 6.04. The van der Waals surface area contributed by atoms with Crippen LogP contribution in [-0.2, 0) is 14.3 Å². The largest absolute Gasteiger partial charge is 0.507 e. The lowest BCUT2D eigenvalue weighted by molar-refractivity contribution is -0.140. The van der Waals surface area contributed by atoms with Crippen molar-refractivity contribution >= 4 is 33.4 Å². The highest BCUT2D eigenvalue weighted by Crippen LogP contribution is 2.40. The van der Waals surface area contributed by atoms with Crippen molar-refractivity contribution in [3.63, 3.8) is 0 Å². The summed E-state index contributed by atoms with van der Waals surface area (Å²) in [6, 6.07) is 13.7. The highest BCUT2D eigenvalue weighted by Gasteiger charge is 2.47. The van der Waals surface area contributed by atoms with Gasteiger partial charge in [-0.3, -0.25) is 9.59 Å². The van der Waals surface area contributed by atoms with Crippen molar-refractivity contribution in [1.82, 2.24) is 4.90 Å². The van der Waals surface area contributed by atoms with E-state index in [0.717, 1.165) is 41.5 Å². The molecule has 2 aliphatic rings. The molecule has 2 aromatic rings. The van der Waals surface area contributed by atoms with Crippen LogP contribution in [0.1, 0.15) is 49.8 Å². The number of unbranched alkanes of at least 4 members (excludes halogenated alkanes) is 1. The van der Waals surface area contributed by atoms with Gasteiger partial charge in [0.2, 0.25) is 0 Å². The highest BCUT2D eigenvalue weighted by atomic mass is 79.9. The smallest absolute Gasteiger partial charge is 0.295 e. The summed E-state index contributed by atoms with van der Waals surface area (Å²) in [5.41, 5.74) is 1.33. The van der Waals surface area contributed by atoms with Gasteiger partial charge in [0, 0.05) is 23.2 Å². The Morgan fingerprint density at radius 2 is 1.88 bits per heavy atom. The number of rotatable bonds is 8. The molecule has 33 heavy (non-hydrogen) atoms. The van der Waals surface area contributed by atoms with Crippen molar-refractivity contribution in [2.75, 3.05) is 19.8 Å². The molecule has 2 atom stereocenters. The van der Waals surface area contributed by atoms with Gasteiger partial charge in [0.15, 0.2) is 0 Å². The Bertz CT molecular complexity index is 1030. The average molecular weight is 514 g/mol. The SMILES string of the molecule is CCCCOc1ccc([C@@H]2C(=C(O)c3ccc(Br)cc3)C(=O)C(=O)N2C[C@@H]2CCCO2)cc1. The number of aliphatic hydroxyl groups is 1. The van der Waals surface area contributed by atoms with E-state index >= 15 is 0 Å². The van der Waals surface area contributed by atoms with Crippen molar-refractivity contribution in [2.24, 2.45) is 0 Å². The maximum atomic E-state index is 13.1. The van der Waals surface area contributed by atoms with Crippen LogP contribution < -0.4 is 4.74 Å². The molecule has 2 aliphatic heterocycles. The summed E-state index contributed by atoms with van der Waals surface area (Å²) in [7, 11) is 0. The first-order chi connectivity index (χ1) is 16.0. The normalized spacial score (nSPS) is 22.2. The standard InChI is InChI=1S/C26H28BrNO5/c1-2-3-14-32-20-12-8-17(9-13-20)23-22(24(29)18-6-10-19(27)11-7-18)25(30)26(31)28(23)16-21-5-4-15-33-21/h6-13,21,23,29H,2-5,14-16H2,1H3/t21-,23+/m0/s1. The Balaban J connectivity index is 1.72. The molecule has 2 saturated heterocycles. The van der Waals surface area contributed by atoms with Gasteiger partial charge in [-0.05, 0) is 49.1 Å². The van der Waals surface area contributed by atoms with E-state index in [1.807, 2.05) is 24.3 Å². The lowest BCUT2D eigenvalue weighted by Crippen LogP contribution is -2.36. The van der Waals surface area contributed by atoms with Crippen LogP contribution in [0.25, 0.3) is 5.76 Å². The minimum absolute atomic E-state index is 0.0972. The summed E-state index contributed by atoms with van der Waals surface area (Å²) >= 11 is 3.38. The minimum atomic E-state index is -0.692. The summed E-state index contributed by atoms with van der Waals surface area (Å²) in [6.07, 6.45) is 3.67. The maximum absolute atomic E-state index is 13.1. The van der Waals surface area contributed by atoms with E-state index < -0.39 is 17.7 Å². The molecule has 2 fully saturated rings. The van der Waals surface area contributed by atoms with Gasteiger partial charge in [-0.1, -0.05) is 53.5 Å². The third-order valence-corrected chi connectivity index (χ3v) is 6.57. The summed E-state index contributed by atoms with van der Waals surface area (Å²) in [5.74, 6) is -0.737. The number of carbonyl (C=O) groups is 2. The van der Waals surface area contributed by atoms with Gasteiger partial charge in [-0.25, -0.2) is 0 Å².